The van der Waals surface area contributed by atoms with Crippen LogP contribution in [0.5, 0.6) is 11.5 Å². The van der Waals surface area contributed by atoms with Crippen LogP contribution in [-0.2, 0) is 21.7 Å². The van der Waals surface area contributed by atoms with E-state index in [1.54, 1.807) is 57.5 Å². The number of carbonyl (C=O) groups excluding carboxylic acids is 3. The molecular weight excluding hydrogens is 374 g/mol. The van der Waals surface area contributed by atoms with Gasteiger partial charge in [-0.1, -0.05) is 24.3 Å². The average molecular weight is 397 g/mol. The molecule has 1 aliphatic heterocycles. The van der Waals surface area contributed by atoms with Crippen LogP contribution in [0.4, 0.5) is 4.79 Å². The highest BCUT2D eigenvalue weighted by atomic mass is 16.5. The lowest BCUT2D eigenvalue weighted by Crippen LogP contribution is -2.43. The van der Waals surface area contributed by atoms with Crippen LogP contribution in [-0.4, -0.2) is 43.5 Å². The molecule has 152 valence electrons. The maximum atomic E-state index is 12.9. The zero-order valence-corrected chi connectivity index (χ0v) is 16.5. The number of urea groups is 1. The van der Waals surface area contributed by atoms with E-state index in [-0.39, 0.29) is 13.1 Å². The van der Waals surface area contributed by atoms with Crippen LogP contribution >= 0.6 is 0 Å². The van der Waals surface area contributed by atoms with Gasteiger partial charge in [0, 0.05) is 6.54 Å². The zero-order chi connectivity index (χ0) is 21.0. The van der Waals surface area contributed by atoms with E-state index in [0.29, 0.717) is 17.1 Å². The molecule has 0 spiro atoms. The second-order valence-corrected chi connectivity index (χ2v) is 6.80. The quantitative estimate of drug-likeness (QED) is 0.695. The summed E-state index contributed by atoms with van der Waals surface area (Å²) in [5.41, 5.74) is 0.213. The Morgan fingerprint density at radius 1 is 1.07 bits per heavy atom. The predicted octanol–water partition coefficient (Wildman–Crippen LogP) is 1.79. The van der Waals surface area contributed by atoms with Gasteiger partial charge in [-0.05, 0) is 42.3 Å². The van der Waals surface area contributed by atoms with Gasteiger partial charge < -0.3 is 20.1 Å². The van der Waals surface area contributed by atoms with Crippen LogP contribution in [0.25, 0.3) is 0 Å². The summed E-state index contributed by atoms with van der Waals surface area (Å²) in [6.45, 7) is 1.51. The molecule has 1 unspecified atom stereocenters. The number of hydrogen-bond acceptors (Lipinski definition) is 5. The van der Waals surface area contributed by atoms with Crippen LogP contribution < -0.4 is 20.1 Å². The highest BCUT2D eigenvalue weighted by molar-refractivity contribution is 6.09. The molecule has 2 aromatic carbocycles. The molecule has 1 aliphatic rings. The summed E-state index contributed by atoms with van der Waals surface area (Å²) < 4.78 is 10.3. The number of methoxy groups -OCH3 is 2. The molecule has 29 heavy (non-hydrogen) atoms. The maximum absolute atomic E-state index is 12.9. The van der Waals surface area contributed by atoms with Crippen molar-refractivity contribution in [2.24, 2.45) is 0 Å². The van der Waals surface area contributed by atoms with Crippen LogP contribution in [0.3, 0.4) is 0 Å². The second-order valence-electron chi connectivity index (χ2n) is 6.80. The highest BCUT2D eigenvalue weighted by Gasteiger charge is 2.49. The van der Waals surface area contributed by atoms with E-state index in [2.05, 4.69) is 10.6 Å². The van der Waals surface area contributed by atoms with Gasteiger partial charge in [-0.15, -0.1) is 0 Å². The van der Waals surface area contributed by atoms with Gasteiger partial charge in [-0.2, -0.15) is 0 Å². The average Bonchev–Trinajstić information content (AvgIpc) is 2.96. The van der Waals surface area contributed by atoms with Gasteiger partial charge in [-0.3, -0.25) is 14.5 Å². The van der Waals surface area contributed by atoms with Crippen molar-refractivity contribution in [3.8, 4) is 11.5 Å². The number of carbonyl (C=O) groups is 3. The van der Waals surface area contributed by atoms with Crippen LogP contribution in [0.1, 0.15) is 18.1 Å². The van der Waals surface area contributed by atoms with Crippen molar-refractivity contribution < 1.29 is 23.9 Å². The first-order valence-corrected chi connectivity index (χ1v) is 9.05. The SMILES string of the molecule is COc1ccc(C2(C)NC(=O)N(CC(=O)NCc3cccc(OC)c3)C2=O)cc1. The van der Waals surface area contributed by atoms with Crippen molar-refractivity contribution in [2.45, 2.75) is 19.0 Å². The Hall–Kier alpha value is -3.55. The van der Waals surface area contributed by atoms with Gasteiger partial charge in [0.2, 0.25) is 5.91 Å². The molecule has 8 heteroatoms. The smallest absolute Gasteiger partial charge is 0.325 e. The van der Waals surface area contributed by atoms with Crippen molar-refractivity contribution in [2.75, 3.05) is 20.8 Å². The summed E-state index contributed by atoms with van der Waals surface area (Å²) in [5.74, 6) is 0.406. The maximum Gasteiger partial charge on any atom is 0.325 e. The number of amides is 4. The number of nitrogens with one attached hydrogen (secondary N) is 2. The third-order valence-electron chi connectivity index (χ3n) is 4.87. The van der Waals surface area contributed by atoms with E-state index in [4.69, 9.17) is 9.47 Å². The van der Waals surface area contributed by atoms with Gasteiger partial charge in [0.05, 0.1) is 14.2 Å². The molecule has 4 amide bonds. The third-order valence-corrected chi connectivity index (χ3v) is 4.87. The van der Waals surface area contributed by atoms with Crippen LogP contribution in [0.2, 0.25) is 0 Å². The minimum atomic E-state index is -1.24. The molecule has 3 rings (SSSR count). The topological polar surface area (TPSA) is 97.0 Å². The Morgan fingerprint density at radius 2 is 1.76 bits per heavy atom. The molecule has 1 heterocycles. The number of nitrogens with zero attached hydrogens (tertiary/aromatic N) is 1. The summed E-state index contributed by atoms with van der Waals surface area (Å²) >= 11 is 0. The lowest BCUT2D eigenvalue weighted by molar-refractivity contribution is -0.134. The molecule has 8 nitrogen and oxygen atoms in total. The summed E-state index contributed by atoms with van der Waals surface area (Å²) in [7, 11) is 3.11. The lowest BCUT2D eigenvalue weighted by Gasteiger charge is -2.22. The van der Waals surface area contributed by atoms with Crippen molar-refractivity contribution in [1.29, 1.82) is 0 Å². The molecule has 1 saturated heterocycles. The first-order chi connectivity index (χ1) is 13.9. The first kappa shape index (κ1) is 20.2. The van der Waals surface area contributed by atoms with Gasteiger partial charge in [0.25, 0.3) is 5.91 Å². The number of hydrogen-bond donors (Lipinski definition) is 2. The van der Waals surface area contributed by atoms with Crippen LogP contribution in [0.15, 0.2) is 48.5 Å². The summed E-state index contributed by atoms with van der Waals surface area (Å²) in [5, 5.41) is 5.39. The van der Waals surface area contributed by atoms with Crippen LogP contribution in [0, 0.1) is 0 Å². The van der Waals surface area contributed by atoms with Gasteiger partial charge in [0.15, 0.2) is 0 Å². The Balaban J connectivity index is 1.65. The largest absolute Gasteiger partial charge is 0.497 e. The predicted molar refractivity (Wildman–Crippen MR) is 105 cm³/mol. The Labute approximate surface area is 168 Å². The second kappa shape index (κ2) is 8.22. The molecule has 1 fully saturated rings. The van der Waals surface area contributed by atoms with Gasteiger partial charge in [-0.25, -0.2) is 4.79 Å². The molecule has 2 aromatic rings. The molecule has 0 aliphatic carbocycles. The van der Waals surface area contributed by atoms with Crippen molar-refractivity contribution in [3.63, 3.8) is 0 Å². The molecule has 0 aromatic heterocycles. The Kier molecular flexibility index (Phi) is 5.72. The minimum absolute atomic E-state index is 0.259. The van der Waals surface area contributed by atoms with E-state index in [1.807, 2.05) is 12.1 Å². The van der Waals surface area contributed by atoms with E-state index in [9.17, 15) is 14.4 Å². The third kappa shape index (κ3) is 4.16. The lowest BCUT2D eigenvalue weighted by atomic mass is 9.92. The summed E-state index contributed by atoms with van der Waals surface area (Å²) in [6, 6.07) is 13.5. The standard InChI is InChI=1S/C21H23N3O5/c1-21(15-7-9-16(28-2)10-8-15)19(26)24(20(27)23-21)13-18(25)22-12-14-5-4-6-17(11-14)29-3/h4-11H,12-13H2,1-3H3,(H,22,25)(H,23,27). The Bertz CT molecular complexity index is 928. The first-order valence-electron chi connectivity index (χ1n) is 9.05. The Morgan fingerprint density at radius 3 is 2.41 bits per heavy atom. The number of rotatable bonds is 7. The molecule has 0 bridgehead atoms. The zero-order valence-electron chi connectivity index (χ0n) is 16.5. The summed E-state index contributed by atoms with van der Waals surface area (Å²) in [4.78, 5) is 38.5. The molecule has 2 N–H and O–H groups in total. The molecule has 0 radical (unpaired) electrons. The fourth-order valence-corrected chi connectivity index (χ4v) is 3.14. The van der Waals surface area contributed by atoms with Crippen molar-refractivity contribution in [1.82, 2.24) is 15.5 Å². The van der Waals surface area contributed by atoms with E-state index >= 15 is 0 Å². The molecule has 0 saturated carbocycles. The highest BCUT2D eigenvalue weighted by Crippen LogP contribution is 2.29. The van der Waals surface area contributed by atoms with Crippen molar-refractivity contribution in [3.05, 3.63) is 59.7 Å². The van der Waals surface area contributed by atoms with Gasteiger partial charge >= 0.3 is 6.03 Å². The van der Waals surface area contributed by atoms with Gasteiger partial charge in [0.1, 0.15) is 23.6 Å². The monoisotopic (exact) mass is 397 g/mol. The van der Waals surface area contributed by atoms with E-state index in [0.717, 1.165) is 10.5 Å². The fraction of sp³-hybridized carbons (Fsp3) is 0.286. The fourth-order valence-electron chi connectivity index (χ4n) is 3.14. The number of benzene rings is 2. The molecule has 1 atom stereocenters. The number of ether oxygens (including phenoxy) is 2. The van der Waals surface area contributed by atoms with E-state index < -0.39 is 23.4 Å². The minimum Gasteiger partial charge on any atom is -0.497 e. The summed E-state index contributed by atoms with van der Waals surface area (Å²) in [6.07, 6.45) is 0. The molecular formula is C21H23N3O5. The van der Waals surface area contributed by atoms with Crippen molar-refractivity contribution >= 4 is 17.8 Å². The van der Waals surface area contributed by atoms with E-state index in [1.165, 1.54) is 0 Å². The number of imide groups is 1. The normalized spacial score (nSPS) is 18.4.